The lowest BCUT2D eigenvalue weighted by atomic mass is 9.93. The van der Waals surface area contributed by atoms with Crippen molar-refractivity contribution in [3.63, 3.8) is 0 Å². The Morgan fingerprint density at radius 1 is 1.44 bits per heavy atom. The standard InChI is InChI=1S/C14H19Cl2NO/c1-4-12(10-6-5-7-11(16)8-10)17-13(18)14(2,3)9-15/h5-8,12H,4,9H2,1-3H3,(H,17,18). The molecule has 0 heterocycles. The molecule has 0 saturated heterocycles. The lowest BCUT2D eigenvalue weighted by Gasteiger charge is -2.25. The molecule has 0 aliphatic rings. The van der Waals surface area contributed by atoms with Crippen LogP contribution in [0.1, 0.15) is 38.8 Å². The van der Waals surface area contributed by atoms with Gasteiger partial charge in [0, 0.05) is 10.9 Å². The van der Waals surface area contributed by atoms with Gasteiger partial charge in [0.25, 0.3) is 0 Å². The fraction of sp³-hybridized carbons (Fsp3) is 0.500. The van der Waals surface area contributed by atoms with Crippen molar-refractivity contribution in [1.82, 2.24) is 5.32 Å². The van der Waals surface area contributed by atoms with Gasteiger partial charge in [0.1, 0.15) is 0 Å². The second-order valence-corrected chi connectivity index (χ2v) is 5.71. The Morgan fingerprint density at radius 2 is 2.11 bits per heavy atom. The maximum Gasteiger partial charge on any atom is 0.227 e. The number of amides is 1. The number of hydrogen-bond acceptors (Lipinski definition) is 1. The summed E-state index contributed by atoms with van der Waals surface area (Å²) in [6.45, 7) is 5.69. The minimum atomic E-state index is -0.562. The number of rotatable bonds is 5. The minimum absolute atomic E-state index is 0.0290. The number of benzene rings is 1. The van der Waals surface area contributed by atoms with Crippen molar-refractivity contribution < 1.29 is 4.79 Å². The van der Waals surface area contributed by atoms with E-state index in [1.807, 2.05) is 45.0 Å². The van der Waals surface area contributed by atoms with E-state index in [4.69, 9.17) is 23.2 Å². The molecule has 1 unspecified atom stereocenters. The van der Waals surface area contributed by atoms with Gasteiger partial charge in [-0.05, 0) is 38.0 Å². The molecule has 0 radical (unpaired) electrons. The lowest BCUT2D eigenvalue weighted by molar-refractivity contribution is -0.129. The molecule has 1 N–H and O–H groups in total. The molecule has 1 rings (SSSR count). The van der Waals surface area contributed by atoms with Gasteiger partial charge in [-0.25, -0.2) is 0 Å². The summed E-state index contributed by atoms with van der Waals surface area (Å²) in [6.07, 6.45) is 0.810. The van der Waals surface area contributed by atoms with E-state index in [-0.39, 0.29) is 11.9 Å². The molecule has 0 bridgehead atoms. The van der Waals surface area contributed by atoms with Crippen molar-refractivity contribution in [3.05, 3.63) is 34.9 Å². The number of carbonyl (C=O) groups is 1. The number of halogens is 2. The summed E-state index contributed by atoms with van der Waals surface area (Å²) < 4.78 is 0. The van der Waals surface area contributed by atoms with Gasteiger partial charge in [-0.15, -0.1) is 11.6 Å². The third-order valence-corrected chi connectivity index (χ3v) is 3.82. The predicted octanol–water partition coefficient (Wildman–Crippen LogP) is 4.17. The van der Waals surface area contributed by atoms with E-state index >= 15 is 0 Å². The highest BCUT2D eigenvalue weighted by molar-refractivity contribution is 6.30. The zero-order chi connectivity index (χ0) is 13.8. The average molecular weight is 288 g/mol. The molecule has 0 aliphatic carbocycles. The van der Waals surface area contributed by atoms with Crippen LogP contribution >= 0.6 is 23.2 Å². The van der Waals surface area contributed by atoms with Gasteiger partial charge < -0.3 is 5.32 Å². The zero-order valence-electron chi connectivity index (χ0n) is 11.0. The first-order valence-electron chi connectivity index (χ1n) is 6.03. The largest absolute Gasteiger partial charge is 0.349 e. The molecule has 18 heavy (non-hydrogen) atoms. The van der Waals surface area contributed by atoms with Crippen LogP contribution in [0.3, 0.4) is 0 Å². The van der Waals surface area contributed by atoms with Crippen LogP contribution < -0.4 is 5.32 Å². The number of carbonyl (C=O) groups excluding carboxylic acids is 1. The van der Waals surface area contributed by atoms with Gasteiger partial charge >= 0.3 is 0 Å². The third kappa shape index (κ3) is 3.89. The van der Waals surface area contributed by atoms with Crippen molar-refractivity contribution in [3.8, 4) is 0 Å². The first kappa shape index (κ1) is 15.3. The van der Waals surface area contributed by atoms with Crippen LogP contribution in [0.4, 0.5) is 0 Å². The Kier molecular flexibility index (Phi) is 5.48. The average Bonchev–Trinajstić information content (AvgIpc) is 2.35. The molecule has 0 saturated carbocycles. The van der Waals surface area contributed by atoms with Crippen LogP contribution in [-0.2, 0) is 4.79 Å². The van der Waals surface area contributed by atoms with Crippen LogP contribution in [0, 0.1) is 5.41 Å². The summed E-state index contributed by atoms with van der Waals surface area (Å²) in [5, 5.41) is 3.70. The van der Waals surface area contributed by atoms with E-state index in [1.165, 1.54) is 0 Å². The molecule has 0 aliphatic heterocycles. The fourth-order valence-electron chi connectivity index (χ4n) is 1.56. The summed E-state index contributed by atoms with van der Waals surface area (Å²) in [5.74, 6) is 0.259. The molecule has 100 valence electrons. The van der Waals surface area contributed by atoms with E-state index < -0.39 is 5.41 Å². The third-order valence-electron chi connectivity index (χ3n) is 2.91. The van der Waals surface area contributed by atoms with Crippen molar-refractivity contribution in [2.75, 3.05) is 5.88 Å². The maximum absolute atomic E-state index is 12.1. The highest BCUT2D eigenvalue weighted by atomic mass is 35.5. The number of nitrogens with one attached hydrogen (secondary N) is 1. The van der Waals surface area contributed by atoms with Crippen LogP contribution in [0.5, 0.6) is 0 Å². The molecule has 1 aromatic carbocycles. The second kappa shape index (κ2) is 6.44. The van der Waals surface area contributed by atoms with Crippen LogP contribution in [0.25, 0.3) is 0 Å². The first-order chi connectivity index (χ1) is 8.40. The molecule has 0 aromatic heterocycles. The van der Waals surface area contributed by atoms with Crippen LogP contribution in [0.2, 0.25) is 5.02 Å². The van der Waals surface area contributed by atoms with Gasteiger partial charge in [0.2, 0.25) is 5.91 Å². The number of alkyl halides is 1. The SMILES string of the molecule is CCC(NC(=O)C(C)(C)CCl)c1cccc(Cl)c1. The first-order valence-corrected chi connectivity index (χ1v) is 6.94. The molecule has 0 spiro atoms. The Labute approximate surface area is 119 Å². The Balaban J connectivity index is 2.83. The van der Waals surface area contributed by atoms with Gasteiger partial charge in [-0.3, -0.25) is 4.79 Å². The van der Waals surface area contributed by atoms with E-state index in [2.05, 4.69) is 5.32 Å². The van der Waals surface area contributed by atoms with Crippen molar-refractivity contribution in [2.24, 2.45) is 5.41 Å². The van der Waals surface area contributed by atoms with Gasteiger partial charge in [0.05, 0.1) is 11.5 Å². The lowest BCUT2D eigenvalue weighted by Crippen LogP contribution is -2.40. The highest BCUT2D eigenvalue weighted by Gasteiger charge is 2.28. The minimum Gasteiger partial charge on any atom is -0.349 e. The second-order valence-electron chi connectivity index (χ2n) is 5.01. The Bertz CT molecular complexity index is 418. The number of hydrogen-bond donors (Lipinski definition) is 1. The quantitative estimate of drug-likeness (QED) is 0.809. The topological polar surface area (TPSA) is 29.1 Å². The maximum atomic E-state index is 12.1. The molecule has 2 nitrogen and oxygen atoms in total. The molecule has 1 amide bonds. The zero-order valence-corrected chi connectivity index (χ0v) is 12.5. The smallest absolute Gasteiger partial charge is 0.227 e. The summed E-state index contributed by atoms with van der Waals surface area (Å²) >= 11 is 11.8. The van der Waals surface area contributed by atoms with Crippen molar-refractivity contribution in [1.29, 1.82) is 0 Å². The van der Waals surface area contributed by atoms with Gasteiger partial charge in [0.15, 0.2) is 0 Å². The van der Waals surface area contributed by atoms with Crippen molar-refractivity contribution in [2.45, 2.75) is 33.2 Å². The van der Waals surface area contributed by atoms with Gasteiger partial charge in [-0.2, -0.15) is 0 Å². The van der Waals surface area contributed by atoms with Crippen molar-refractivity contribution >= 4 is 29.1 Å². The molecule has 4 heteroatoms. The molecular formula is C14H19Cl2NO. The molecule has 1 aromatic rings. The summed E-state index contributed by atoms with van der Waals surface area (Å²) in [5.41, 5.74) is 0.455. The van der Waals surface area contributed by atoms with E-state index in [0.717, 1.165) is 12.0 Å². The molecule has 1 atom stereocenters. The fourth-order valence-corrected chi connectivity index (χ4v) is 1.88. The van der Waals surface area contributed by atoms with E-state index in [0.29, 0.717) is 10.9 Å². The van der Waals surface area contributed by atoms with Crippen LogP contribution in [0.15, 0.2) is 24.3 Å². The predicted molar refractivity (Wildman–Crippen MR) is 77.1 cm³/mol. The van der Waals surface area contributed by atoms with Crippen LogP contribution in [-0.4, -0.2) is 11.8 Å². The summed E-state index contributed by atoms with van der Waals surface area (Å²) in [7, 11) is 0. The Hall–Kier alpha value is -0.730. The molecule has 0 fully saturated rings. The summed E-state index contributed by atoms with van der Waals surface area (Å²) in [6, 6.07) is 7.53. The normalized spacial score (nSPS) is 13.2. The monoisotopic (exact) mass is 287 g/mol. The Morgan fingerprint density at radius 3 is 2.61 bits per heavy atom. The molecular weight excluding hydrogens is 269 g/mol. The van der Waals surface area contributed by atoms with E-state index in [1.54, 1.807) is 0 Å². The highest BCUT2D eigenvalue weighted by Crippen LogP contribution is 2.23. The summed E-state index contributed by atoms with van der Waals surface area (Å²) in [4.78, 5) is 12.1. The van der Waals surface area contributed by atoms with E-state index in [9.17, 15) is 4.79 Å². The van der Waals surface area contributed by atoms with Gasteiger partial charge in [-0.1, -0.05) is 30.7 Å².